The van der Waals surface area contributed by atoms with Gasteiger partial charge in [0.25, 0.3) is 0 Å². The second-order valence-electron chi connectivity index (χ2n) is 5.28. The lowest BCUT2D eigenvalue weighted by Crippen LogP contribution is -2.41. The predicted octanol–water partition coefficient (Wildman–Crippen LogP) is 1.32. The van der Waals surface area contributed by atoms with Gasteiger partial charge < -0.3 is 9.15 Å². The number of hydrogen-bond donors (Lipinski definition) is 0. The highest BCUT2D eigenvalue weighted by Gasteiger charge is 2.21. The molecule has 0 N–H and O–H groups in total. The van der Waals surface area contributed by atoms with Gasteiger partial charge in [-0.3, -0.25) is 4.90 Å². The Balaban J connectivity index is 1.50. The third-order valence-corrected chi connectivity index (χ3v) is 5.31. The topological polar surface area (TPSA) is 76.8 Å². The highest BCUT2D eigenvalue weighted by atomic mass is 32.2. The molecule has 6 nitrogen and oxygen atoms in total. The smallest absolute Gasteiger partial charge is 0.374 e. The Morgan fingerprint density at radius 1 is 1.23 bits per heavy atom. The van der Waals surface area contributed by atoms with Gasteiger partial charge in [-0.15, -0.1) is 0 Å². The van der Waals surface area contributed by atoms with Gasteiger partial charge in [0.05, 0.1) is 11.5 Å². The summed E-state index contributed by atoms with van der Waals surface area (Å²) < 4.78 is 33.3. The molecule has 0 spiro atoms. The molecule has 0 unspecified atom stereocenters. The van der Waals surface area contributed by atoms with Gasteiger partial charge in [0.15, 0.2) is 9.84 Å². The number of esters is 1. The third-order valence-electron chi connectivity index (χ3n) is 3.70. The fourth-order valence-electron chi connectivity index (χ4n) is 2.39. The van der Waals surface area contributed by atoms with Gasteiger partial charge in [-0.25, -0.2) is 13.2 Å². The van der Waals surface area contributed by atoms with E-state index in [1.165, 1.54) is 0 Å². The summed E-state index contributed by atoms with van der Waals surface area (Å²) >= 11 is 0. The molecule has 1 aliphatic rings. The summed E-state index contributed by atoms with van der Waals surface area (Å²) in [4.78, 5) is 13.9. The molecular formula is C15H17NO5S. The monoisotopic (exact) mass is 323 g/mol. The fourth-order valence-corrected chi connectivity index (χ4v) is 3.67. The number of carbonyl (C=O) groups excluding carboxylic acids is 1. The number of rotatable bonds is 4. The zero-order chi connectivity index (χ0) is 15.6. The van der Waals surface area contributed by atoms with Crippen LogP contribution in [0.2, 0.25) is 0 Å². The van der Waals surface area contributed by atoms with Crippen molar-refractivity contribution >= 4 is 26.8 Å². The first-order valence-corrected chi connectivity index (χ1v) is 8.94. The molecule has 0 bridgehead atoms. The van der Waals surface area contributed by atoms with Gasteiger partial charge >= 0.3 is 5.97 Å². The van der Waals surface area contributed by atoms with E-state index in [2.05, 4.69) is 0 Å². The summed E-state index contributed by atoms with van der Waals surface area (Å²) in [5.74, 6) is 0.0259. The second kappa shape index (κ2) is 6.10. The standard InChI is InChI=1S/C15H17NO5S/c17-15(14-11-12-3-1-2-4-13(12)21-14)20-8-5-16-6-9-22(18,19)10-7-16/h1-4,11H,5-10H2. The van der Waals surface area contributed by atoms with Crippen LogP contribution >= 0.6 is 0 Å². The van der Waals surface area contributed by atoms with Crippen molar-refractivity contribution in [3.05, 3.63) is 36.1 Å². The van der Waals surface area contributed by atoms with Crippen molar-refractivity contribution in [2.24, 2.45) is 0 Å². The first-order chi connectivity index (χ1) is 10.5. The quantitative estimate of drug-likeness (QED) is 0.790. The number of sulfone groups is 1. The first-order valence-electron chi connectivity index (χ1n) is 7.12. The van der Waals surface area contributed by atoms with Crippen LogP contribution in [0.3, 0.4) is 0 Å². The maximum absolute atomic E-state index is 11.9. The minimum Gasteiger partial charge on any atom is -0.458 e. The Kier molecular flexibility index (Phi) is 4.17. The maximum Gasteiger partial charge on any atom is 0.374 e. The number of furan rings is 1. The molecule has 2 aromatic rings. The Morgan fingerprint density at radius 3 is 2.68 bits per heavy atom. The van der Waals surface area contributed by atoms with Gasteiger partial charge in [0, 0.05) is 25.0 Å². The van der Waals surface area contributed by atoms with E-state index in [-0.39, 0.29) is 23.9 Å². The van der Waals surface area contributed by atoms with E-state index in [1.54, 1.807) is 12.1 Å². The van der Waals surface area contributed by atoms with Crippen LogP contribution in [0.1, 0.15) is 10.6 Å². The van der Waals surface area contributed by atoms with Gasteiger partial charge in [-0.1, -0.05) is 18.2 Å². The molecule has 2 heterocycles. The minimum absolute atomic E-state index is 0.171. The Morgan fingerprint density at radius 2 is 1.95 bits per heavy atom. The fraction of sp³-hybridized carbons (Fsp3) is 0.400. The Hall–Kier alpha value is -1.86. The third kappa shape index (κ3) is 3.48. The van der Waals surface area contributed by atoms with Crippen LogP contribution in [0.15, 0.2) is 34.7 Å². The molecule has 1 aliphatic heterocycles. The lowest BCUT2D eigenvalue weighted by Gasteiger charge is -2.25. The van der Waals surface area contributed by atoms with Crippen LogP contribution in [0, 0.1) is 0 Å². The molecule has 22 heavy (non-hydrogen) atoms. The molecule has 0 radical (unpaired) electrons. The van der Waals surface area contributed by atoms with Crippen LogP contribution in [0.4, 0.5) is 0 Å². The van der Waals surface area contributed by atoms with E-state index < -0.39 is 15.8 Å². The highest BCUT2D eigenvalue weighted by molar-refractivity contribution is 7.91. The number of nitrogens with zero attached hydrogens (tertiary/aromatic N) is 1. The molecule has 0 atom stereocenters. The van der Waals surface area contributed by atoms with Crippen LogP contribution in [-0.2, 0) is 14.6 Å². The first kappa shape index (κ1) is 15.1. The van der Waals surface area contributed by atoms with Crippen molar-refractivity contribution in [2.75, 3.05) is 37.7 Å². The summed E-state index contributed by atoms with van der Waals surface area (Å²) in [5, 5.41) is 0.857. The van der Waals surface area contributed by atoms with Gasteiger partial charge in [0.1, 0.15) is 12.2 Å². The SMILES string of the molecule is O=C(OCCN1CCS(=O)(=O)CC1)c1cc2ccccc2o1. The number of hydrogen-bond acceptors (Lipinski definition) is 6. The lowest BCUT2D eigenvalue weighted by atomic mass is 10.2. The lowest BCUT2D eigenvalue weighted by molar-refractivity contribution is 0.0432. The maximum atomic E-state index is 11.9. The van der Waals surface area contributed by atoms with Crippen molar-refractivity contribution in [3.8, 4) is 0 Å². The van der Waals surface area contributed by atoms with Gasteiger partial charge in [0.2, 0.25) is 5.76 Å². The van der Waals surface area contributed by atoms with Crippen molar-refractivity contribution in [2.45, 2.75) is 0 Å². The summed E-state index contributed by atoms with van der Waals surface area (Å²) in [5.41, 5.74) is 0.649. The molecule has 0 amide bonds. The Bertz CT molecular complexity index is 733. The van der Waals surface area contributed by atoms with Crippen molar-refractivity contribution in [1.82, 2.24) is 4.90 Å². The van der Waals surface area contributed by atoms with Gasteiger partial charge in [-0.05, 0) is 12.1 Å². The minimum atomic E-state index is -2.88. The normalized spacial score (nSPS) is 18.4. The van der Waals surface area contributed by atoms with E-state index in [9.17, 15) is 13.2 Å². The summed E-state index contributed by atoms with van der Waals surface area (Å²) in [6, 6.07) is 9.03. The van der Waals surface area contributed by atoms with Crippen LogP contribution < -0.4 is 0 Å². The molecule has 0 saturated carbocycles. The van der Waals surface area contributed by atoms with Gasteiger partial charge in [-0.2, -0.15) is 0 Å². The van der Waals surface area contributed by atoms with E-state index in [4.69, 9.17) is 9.15 Å². The zero-order valence-electron chi connectivity index (χ0n) is 12.0. The molecule has 118 valence electrons. The molecule has 1 aromatic carbocycles. The van der Waals surface area contributed by atoms with E-state index in [0.29, 0.717) is 25.2 Å². The van der Waals surface area contributed by atoms with Crippen molar-refractivity contribution < 1.29 is 22.4 Å². The molecule has 1 fully saturated rings. The number of carbonyl (C=O) groups is 1. The molecule has 0 aliphatic carbocycles. The Labute approximate surface area is 128 Å². The second-order valence-corrected chi connectivity index (χ2v) is 7.58. The van der Waals surface area contributed by atoms with E-state index in [1.807, 2.05) is 23.1 Å². The van der Waals surface area contributed by atoms with Crippen LogP contribution in [0.25, 0.3) is 11.0 Å². The molecule has 1 saturated heterocycles. The average Bonchev–Trinajstić information content (AvgIpc) is 2.93. The van der Waals surface area contributed by atoms with Crippen LogP contribution in [-0.4, -0.2) is 57.0 Å². The zero-order valence-corrected chi connectivity index (χ0v) is 12.8. The number of ether oxygens (including phenoxy) is 1. The summed E-state index contributed by atoms with van der Waals surface area (Å²) in [6.07, 6.45) is 0. The molecule has 1 aromatic heterocycles. The number of benzene rings is 1. The summed E-state index contributed by atoms with van der Waals surface area (Å²) in [7, 11) is -2.88. The van der Waals surface area contributed by atoms with E-state index in [0.717, 1.165) is 5.39 Å². The summed E-state index contributed by atoms with van der Waals surface area (Å²) in [6.45, 7) is 1.73. The van der Waals surface area contributed by atoms with Crippen molar-refractivity contribution in [3.63, 3.8) is 0 Å². The highest BCUT2D eigenvalue weighted by Crippen LogP contribution is 2.19. The molecule has 3 rings (SSSR count). The number of para-hydroxylation sites is 1. The van der Waals surface area contributed by atoms with E-state index >= 15 is 0 Å². The van der Waals surface area contributed by atoms with Crippen molar-refractivity contribution in [1.29, 1.82) is 0 Å². The molecule has 7 heteroatoms. The van der Waals surface area contributed by atoms with Crippen LogP contribution in [0.5, 0.6) is 0 Å². The number of fused-ring (bicyclic) bond motifs is 1. The predicted molar refractivity (Wildman–Crippen MR) is 81.6 cm³/mol. The largest absolute Gasteiger partial charge is 0.458 e. The average molecular weight is 323 g/mol. The molecular weight excluding hydrogens is 306 g/mol.